The summed E-state index contributed by atoms with van der Waals surface area (Å²) in [6.45, 7) is -0.678. The maximum Gasteiger partial charge on any atom is 0.270 e. The van der Waals surface area contributed by atoms with Crippen molar-refractivity contribution >= 4 is 5.69 Å². The van der Waals surface area contributed by atoms with E-state index in [1.165, 1.54) is 6.07 Å². The van der Waals surface area contributed by atoms with Crippen molar-refractivity contribution in [3.63, 3.8) is 0 Å². The standard InChI is InChI=1S/C10H10N2O5/c11-4-6-3-7(12(16)17)1-2-8(6)10(15)9(14)5-13/h1-3,9-10,13-15H,5H2. The molecule has 0 aromatic heterocycles. The smallest absolute Gasteiger partial charge is 0.270 e. The first-order valence-electron chi connectivity index (χ1n) is 4.66. The fraction of sp³-hybridized carbons (Fsp3) is 0.300. The summed E-state index contributed by atoms with van der Waals surface area (Å²) in [7, 11) is 0. The average Bonchev–Trinajstić information content (AvgIpc) is 2.35. The van der Waals surface area contributed by atoms with Gasteiger partial charge in [-0.15, -0.1) is 0 Å². The first-order valence-corrected chi connectivity index (χ1v) is 4.66. The highest BCUT2D eigenvalue weighted by Crippen LogP contribution is 2.24. The van der Waals surface area contributed by atoms with Gasteiger partial charge in [0.2, 0.25) is 0 Å². The quantitative estimate of drug-likeness (QED) is 0.494. The van der Waals surface area contributed by atoms with Crippen molar-refractivity contribution < 1.29 is 20.2 Å². The van der Waals surface area contributed by atoms with E-state index in [1.54, 1.807) is 6.07 Å². The van der Waals surface area contributed by atoms with Crippen LogP contribution >= 0.6 is 0 Å². The molecule has 2 atom stereocenters. The normalized spacial score (nSPS) is 13.8. The van der Waals surface area contributed by atoms with E-state index in [1.807, 2.05) is 0 Å². The van der Waals surface area contributed by atoms with Crippen LogP contribution in [0.4, 0.5) is 5.69 Å². The largest absolute Gasteiger partial charge is 0.394 e. The van der Waals surface area contributed by atoms with Crippen LogP contribution in [0.5, 0.6) is 0 Å². The van der Waals surface area contributed by atoms with Crippen LogP contribution in [0, 0.1) is 21.4 Å². The summed E-state index contributed by atoms with van der Waals surface area (Å²) >= 11 is 0. The topological polar surface area (TPSA) is 128 Å². The van der Waals surface area contributed by atoms with Gasteiger partial charge in [0.25, 0.3) is 5.69 Å². The molecule has 3 N–H and O–H groups in total. The predicted molar refractivity (Wildman–Crippen MR) is 55.9 cm³/mol. The maximum atomic E-state index is 10.5. The van der Waals surface area contributed by atoms with Gasteiger partial charge in [-0.2, -0.15) is 5.26 Å². The second-order valence-corrected chi connectivity index (χ2v) is 3.34. The number of hydrogen-bond acceptors (Lipinski definition) is 6. The van der Waals surface area contributed by atoms with Crippen LogP contribution in [0.3, 0.4) is 0 Å². The number of nitro groups is 1. The second kappa shape index (κ2) is 5.36. The molecule has 0 aliphatic carbocycles. The lowest BCUT2D eigenvalue weighted by molar-refractivity contribution is -0.384. The molecule has 7 heteroatoms. The lowest BCUT2D eigenvalue weighted by Gasteiger charge is -2.16. The molecule has 1 aromatic carbocycles. The third kappa shape index (κ3) is 2.76. The Balaban J connectivity index is 3.18. The van der Waals surface area contributed by atoms with Crippen molar-refractivity contribution in [3.05, 3.63) is 39.4 Å². The van der Waals surface area contributed by atoms with Crippen LogP contribution in [0.25, 0.3) is 0 Å². The molecule has 0 aliphatic heterocycles. The Bertz CT molecular complexity index is 468. The highest BCUT2D eigenvalue weighted by Gasteiger charge is 2.22. The fourth-order valence-corrected chi connectivity index (χ4v) is 1.32. The number of benzene rings is 1. The molecule has 0 fully saturated rings. The van der Waals surface area contributed by atoms with Crippen LogP contribution in [0.15, 0.2) is 18.2 Å². The number of nitriles is 1. The van der Waals surface area contributed by atoms with Crippen molar-refractivity contribution in [1.29, 1.82) is 5.26 Å². The number of rotatable bonds is 4. The van der Waals surface area contributed by atoms with Crippen LogP contribution in [0.2, 0.25) is 0 Å². The Kier molecular flexibility index (Phi) is 4.12. The van der Waals surface area contributed by atoms with E-state index >= 15 is 0 Å². The number of nitro benzene ring substituents is 1. The Morgan fingerprint density at radius 1 is 1.47 bits per heavy atom. The Labute approximate surface area is 96.3 Å². The molecule has 0 aliphatic rings. The second-order valence-electron chi connectivity index (χ2n) is 3.34. The highest BCUT2D eigenvalue weighted by molar-refractivity contribution is 5.47. The van der Waals surface area contributed by atoms with Crippen molar-refractivity contribution in [3.8, 4) is 6.07 Å². The predicted octanol–water partition coefficient (Wildman–Crippen LogP) is -0.147. The van der Waals surface area contributed by atoms with Gasteiger partial charge in [0.05, 0.1) is 23.2 Å². The van der Waals surface area contributed by atoms with Crippen LogP contribution < -0.4 is 0 Å². The van der Waals surface area contributed by atoms with E-state index in [2.05, 4.69) is 0 Å². The van der Waals surface area contributed by atoms with E-state index in [-0.39, 0.29) is 16.8 Å². The third-order valence-corrected chi connectivity index (χ3v) is 2.24. The van der Waals surface area contributed by atoms with Gasteiger partial charge in [-0.1, -0.05) is 0 Å². The molecule has 0 saturated heterocycles. The van der Waals surface area contributed by atoms with E-state index in [4.69, 9.17) is 10.4 Å². The van der Waals surface area contributed by atoms with Gasteiger partial charge in [0.1, 0.15) is 12.2 Å². The van der Waals surface area contributed by atoms with Gasteiger partial charge < -0.3 is 15.3 Å². The first kappa shape index (κ1) is 13.1. The van der Waals surface area contributed by atoms with Crippen LogP contribution in [0.1, 0.15) is 17.2 Å². The monoisotopic (exact) mass is 238 g/mol. The molecule has 17 heavy (non-hydrogen) atoms. The van der Waals surface area contributed by atoms with E-state index in [9.17, 15) is 20.3 Å². The lowest BCUT2D eigenvalue weighted by Crippen LogP contribution is -2.22. The fourth-order valence-electron chi connectivity index (χ4n) is 1.32. The summed E-state index contributed by atoms with van der Waals surface area (Å²) in [4.78, 5) is 9.82. The highest BCUT2D eigenvalue weighted by atomic mass is 16.6. The minimum atomic E-state index is -1.46. The van der Waals surface area contributed by atoms with Gasteiger partial charge >= 0.3 is 0 Å². The molecule has 2 unspecified atom stereocenters. The summed E-state index contributed by atoms with van der Waals surface area (Å²) < 4.78 is 0. The van der Waals surface area contributed by atoms with Gasteiger partial charge in [-0.25, -0.2) is 0 Å². The summed E-state index contributed by atoms with van der Waals surface area (Å²) in [6, 6.07) is 4.99. The van der Waals surface area contributed by atoms with E-state index < -0.39 is 23.7 Å². The van der Waals surface area contributed by atoms with Crippen molar-refractivity contribution in [1.82, 2.24) is 0 Å². The first-order chi connectivity index (χ1) is 8.01. The molecule has 90 valence electrons. The maximum absolute atomic E-state index is 10.5. The van der Waals surface area contributed by atoms with Crippen molar-refractivity contribution in [2.75, 3.05) is 6.61 Å². The molecule has 1 rings (SSSR count). The summed E-state index contributed by atoms with van der Waals surface area (Å²) in [5.74, 6) is 0. The van der Waals surface area contributed by atoms with Crippen molar-refractivity contribution in [2.24, 2.45) is 0 Å². The number of aliphatic hydroxyl groups is 3. The van der Waals surface area contributed by atoms with Gasteiger partial charge in [0.15, 0.2) is 0 Å². The third-order valence-electron chi connectivity index (χ3n) is 2.24. The van der Waals surface area contributed by atoms with Crippen molar-refractivity contribution in [2.45, 2.75) is 12.2 Å². The minimum Gasteiger partial charge on any atom is -0.394 e. The molecule has 0 bridgehead atoms. The Morgan fingerprint density at radius 3 is 2.59 bits per heavy atom. The van der Waals surface area contributed by atoms with E-state index in [0.29, 0.717) is 0 Å². The molecule has 0 radical (unpaired) electrons. The summed E-state index contributed by atoms with van der Waals surface area (Å²) in [5, 5.41) is 46.8. The number of aliphatic hydroxyl groups excluding tert-OH is 3. The molecule has 0 spiro atoms. The number of nitrogens with zero attached hydrogens (tertiary/aromatic N) is 2. The van der Waals surface area contributed by atoms with Crippen LogP contribution in [-0.2, 0) is 0 Å². The Morgan fingerprint density at radius 2 is 2.12 bits per heavy atom. The molecular weight excluding hydrogens is 228 g/mol. The summed E-state index contributed by atoms with van der Waals surface area (Å²) in [5.41, 5.74) is -0.352. The zero-order chi connectivity index (χ0) is 13.0. The lowest BCUT2D eigenvalue weighted by atomic mass is 9.99. The SMILES string of the molecule is N#Cc1cc([N+](=O)[O-])ccc1C(O)C(O)CO. The average molecular weight is 238 g/mol. The molecule has 0 saturated carbocycles. The van der Waals surface area contributed by atoms with Gasteiger partial charge in [-0.3, -0.25) is 10.1 Å². The van der Waals surface area contributed by atoms with Gasteiger partial charge in [-0.05, 0) is 6.07 Å². The summed E-state index contributed by atoms with van der Waals surface area (Å²) in [6.07, 6.45) is -2.90. The minimum absolute atomic E-state index is 0.0413. The number of non-ortho nitro benzene ring substituents is 1. The Hall–Kier alpha value is -2.01. The van der Waals surface area contributed by atoms with E-state index in [0.717, 1.165) is 12.1 Å². The molecule has 0 amide bonds. The molecular formula is C10H10N2O5. The van der Waals surface area contributed by atoms with Gasteiger partial charge in [0, 0.05) is 17.7 Å². The number of hydrogen-bond donors (Lipinski definition) is 3. The zero-order valence-electron chi connectivity index (χ0n) is 8.65. The zero-order valence-corrected chi connectivity index (χ0v) is 8.65. The molecule has 0 heterocycles. The molecule has 1 aromatic rings. The van der Waals surface area contributed by atoms with Crippen LogP contribution in [-0.4, -0.2) is 33.0 Å². The molecule has 7 nitrogen and oxygen atoms in total.